The molecule has 1 amide bonds. The summed E-state index contributed by atoms with van der Waals surface area (Å²) in [7, 11) is 0. The molecule has 0 spiro atoms. The molecule has 142 valence electrons. The van der Waals surface area contributed by atoms with E-state index in [0.717, 1.165) is 5.56 Å². The number of amides is 1. The average Bonchev–Trinajstić information content (AvgIpc) is 3.15. The summed E-state index contributed by atoms with van der Waals surface area (Å²) in [6.45, 7) is -1.50. The molecule has 0 fully saturated rings. The van der Waals surface area contributed by atoms with E-state index in [-0.39, 0.29) is 24.2 Å². The zero-order valence-corrected chi connectivity index (χ0v) is 14.1. The summed E-state index contributed by atoms with van der Waals surface area (Å²) in [6.07, 6.45) is -3.19. The Balaban J connectivity index is 1.56. The topological polar surface area (TPSA) is 72.8 Å². The number of nitrogens with zero attached hydrogens (tertiary/aromatic N) is 2. The highest BCUT2D eigenvalue weighted by Crippen LogP contribution is 2.27. The highest BCUT2D eigenvalue weighted by molar-refractivity contribution is 6.39. The number of hydrogen-bond acceptors (Lipinski definition) is 5. The van der Waals surface area contributed by atoms with Gasteiger partial charge in [-0.3, -0.25) is 4.79 Å². The standard InChI is InChI=1S/C18H16F3N3O3/c19-18(20,21)11-26-17-13(7-4-8-22-17)10-23-16(25)14-9-15(27-24-14)12-5-2-1-3-6-12/h1-8,15H,9-11H2,(H,23,25). The van der Waals surface area contributed by atoms with Crippen molar-refractivity contribution in [3.8, 4) is 5.88 Å². The molecular formula is C18H16F3N3O3. The first-order chi connectivity index (χ1) is 12.9. The molecule has 1 aliphatic rings. The van der Waals surface area contributed by atoms with Crippen LogP contribution in [0.4, 0.5) is 13.2 Å². The third-order valence-electron chi connectivity index (χ3n) is 3.76. The summed E-state index contributed by atoms with van der Waals surface area (Å²) < 4.78 is 41.6. The molecular weight excluding hydrogens is 363 g/mol. The van der Waals surface area contributed by atoms with Crippen molar-refractivity contribution in [1.29, 1.82) is 0 Å². The van der Waals surface area contributed by atoms with E-state index in [2.05, 4.69) is 15.5 Å². The Hall–Kier alpha value is -3.10. The van der Waals surface area contributed by atoms with Gasteiger partial charge in [-0.15, -0.1) is 0 Å². The normalized spacial score (nSPS) is 16.4. The molecule has 1 aromatic carbocycles. The number of ether oxygens (including phenoxy) is 1. The summed E-state index contributed by atoms with van der Waals surface area (Å²) in [6, 6.07) is 12.4. The third kappa shape index (κ3) is 5.19. The van der Waals surface area contributed by atoms with Crippen LogP contribution in [0.15, 0.2) is 53.8 Å². The Morgan fingerprint density at radius 1 is 1.22 bits per heavy atom. The summed E-state index contributed by atoms with van der Waals surface area (Å²) in [5.41, 5.74) is 1.44. The predicted octanol–water partition coefficient (Wildman–Crippen LogP) is 3.16. The van der Waals surface area contributed by atoms with Gasteiger partial charge in [0, 0.05) is 24.7 Å². The maximum atomic E-state index is 12.3. The number of aromatic nitrogens is 1. The quantitative estimate of drug-likeness (QED) is 0.837. The van der Waals surface area contributed by atoms with E-state index in [0.29, 0.717) is 12.0 Å². The molecule has 3 rings (SSSR count). The van der Waals surface area contributed by atoms with Crippen LogP contribution in [0.2, 0.25) is 0 Å². The van der Waals surface area contributed by atoms with Crippen LogP contribution < -0.4 is 10.1 Å². The van der Waals surface area contributed by atoms with Crippen LogP contribution >= 0.6 is 0 Å². The van der Waals surface area contributed by atoms with E-state index >= 15 is 0 Å². The largest absolute Gasteiger partial charge is 0.468 e. The van der Waals surface area contributed by atoms with Gasteiger partial charge in [-0.2, -0.15) is 13.2 Å². The fraction of sp³-hybridized carbons (Fsp3) is 0.278. The number of nitrogens with one attached hydrogen (secondary N) is 1. The van der Waals surface area contributed by atoms with Gasteiger partial charge in [0.2, 0.25) is 5.88 Å². The number of carbonyl (C=O) groups is 1. The van der Waals surface area contributed by atoms with E-state index in [1.54, 1.807) is 6.07 Å². The van der Waals surface area contributed by atoms with Crippen molar-refractivity contribution >= 4 is 11.6 Å². The van der Waals surface area contributed by atoms with Crippen molar-refractivity contribution in [2.45, 2.75) is 25.2 Å². The van der Waals surface area contributed by atoms with Crippen LogP contribution in [0.1, 0.15) is 23.7 Å². The zero-order chi connectivity index (χ0) is 19.3. The van der Waals surface area contributed by atoms with Crippen molar-refractivity contribution in [3.63, 3.8) is 0 Å². The molecule has 1 unspecified atom stereocenters. The van der Waals surface area contributed by atoms with Crippen LogP contribution in [0.5, 0.6) is 5.88 Å². The maximum absolute atomic E-state index is 12.3. The van der Waals surface area contributed by atoms with Gasteiger partial charge in [0.15, 0.2) is 12.7 Å². The van der Waals surface area contributed by atoms with Gasteiger partial charge in [0.05, 0.1) is 0 Å². The number of benzene rings is 1. The molecule has 1 atom stereocenters. The van der Waals surface area contributed by atoms with Gasteiger partial charge in [-0.25, -0.2) is 4.98 Å². The van der Waals surface area contributed by atoms with Gasteiger partial charge in [0.1, 0.15) is 5.71 Å². The van der Waals surface area contributed by atoms with Gasteiger partial charge < -0.3 is 14.9 Å². The highest BCUT2D eigenvalue weighted by Gasteiger charge is 2.29. The molecule has 0 bridgehead atoms. The second-order valence-electron chi connectivity index (χ2n) is 5.80. The molecule has 0 saturated heterocycles. The van der Waals surface area contributed by atoms with Gasteiger partial charge in [-0.1, -0.05) is 41.6 Å². The molecule has 1 aromatic heterocycles. The number of carbonyl (C=O) groups excluding carboxylic acids is 1. The number of halogens is 3. The molecule has 2 heterocycles. The molecule has 2 aromatic rings. The van der Waals surface area contributed by atoms with Crippen LogP contribution in [-0.4, -0.2) is 29.4 Å². The number of oxime groups is 1. The van der Waals surface area contributed by atoms with Gasteiger partial charge >= 0.3 is 6.18 Å². The predicted molar refractivity (Wildman–Crippen MR) is 90.0 cm³/mol. The Kier molecular flexibility index (Phi) is 5.58. The average molecular weight is 379 g/mol. The SMILES string of the molecule is O=C(NCc1cccnc1OCC(F)(F)F)C1=NOC(c2ccccc2)C1. The van der Waals surface area contributed by atoms with E-state index in [9.17, 15) is 18.0 Å². The van der Waals surface area contributed by atoms with Crippen LogP contribution in [0.25, 0.3) is 0 Å². The Morgan fingerprint density at radius 2 is 2.00 bits per heavy atom. The molecule has 9 heteroatoms. The first-order valence-electron chi connectivity index (χ1n) is 8.11. The van der Waals surface area contributed by atoms with Crippen molar-refractivity contribution in [2.24, 2.45) is 5.16 Å². The third-order valence-corrected chi connectivity index (χ3v) is 3.76. The monoisotopic (exact) mass is 379 g/mol. The van der Waals surface area contributed by atoms with Crippen molar-refractivity contribution in [3.05, 3.63) is 59.8 Å². The number of hydrogen-bond donors (Lipinski definition) is 1. The minimum Gasteiger partial charge on any atom is -0.468 e. The molecule has 0 aliphatic carbocycles. The zero-order valence-electron chi connectivity index (χ0n) is 14.1. The first-order valence-corrected chi connectivity index (χ1v) is 8.11. The summed E-state index contributed by atoms with van der Waals surface area (Å²) in [4.78, 5) is 21.3. The Morgan fingerprint density at radius 3 is 2.74 bits per heavy atom. The molecule has 27 heavy (non-hydrogen) atoms. The number of rotatable bonds is 6. The fourth-order valence-corrected chi connectivity index (χ4v) is 2.47. The summed E-state index contributed by atoms with van der Waals surface area (Å²) in [5.74, 6) is -0.638. The van der Waals surface area contributed by atoms with Crippen LogP contribution in [0.3, 0.4) is 0 Å². The molecule has 0 radical (unpaired) electrons. The van der Waals surface area contributed by atoms with E-state index < -0.39 is 18.7 Å². The van der Waals surface area contributed by atoms with Gasteiger partial charge in [-0.05, 0) is 11.6 Å². The summed E-state index contributed by atoms with van der Waals surface area (Å²) in [5, 5.41) is 6.41. The maximum Gasteiger partial charge on any atom is 0.422 e. The lowest BCUT2D eigenvalue weighted by atomic mass is 10.0. The van der Waals surface area contributed by atoms with E-state index in [1.165, 1.54) is 12.3 Å². The lowest BCUT2D eigenvalue weighted by molar-refractivity contribution is -0.154. The molecule has 0 saturated carbocycles. The Bertz CT molecular complexity index is 825. The molecule has 1 N–H and O–H groups in total. The number of alkyl halides is 3. The minimum atomic E-state index is -4.47. The number of pyridine rings is 1. The van der Waals surface area contributed by atoms with Crippen molar-refractivity contribution in [2.75, 3.05) is 6.61 Å². The smallest absolute Gasteiger partial charge is 0.422 e. The van der Waals surface area contributed by atoms with Crippen LogP contribution in [-0.2, 0) is 16.2 Å². The summed E-state index contributed by atoms with van der Waals surface area (Å²) >= 11 is 0. The van der Waals surface area contributed by atoms with Crippen molar-refractivity contribution in [1.82, 2.24) is 10.3 Å². The highest BCUT2D eigenvalue weighted by atomic mass is 19.4. The second kappa shape index (κ2) is 8.07. The molecule has 1 aliphatic heterocycles. The minimum absolute atomic E-state index is 0.0467. The molecule has 6 nitrogen and oxygen atoms in total. The van der Waals surface area contributed by atoms with E-state index in [1.807, 2.05) is 30.3 Å². The Labute approximate surface area is 153 Å². The van der Waals surface area contributed by atoms with Gasteiger partial charge in [0.25, 0.3) is 5.91 Å². The first kappa shape index (κ1) is 18.7. The van der Waals surface area contributed by atoms with E-state index in [4.69, 9.17) is 9.57 Å². The second-order valence-corrected chi connectivity index (χ2v) is 5.80. The lowest BCUT2D eigenvalue weighted by Crippen LogP contribution is -2.30. The lowest BCUT2D eigenvalue weighted by Gasteiger charge is -2.12. The van der Waals surface area contributed by atoms with Crippen molar-refractivity contribution < 1.29 is 27.5 Å². The fourth-order valence-electron chi connectivity index (χ4n) is 2.47. The van der Waals surface area contributed by atoms with Crippen LogP contribution in [0, 0.1) is 0 Å².